The molecule has 14 heteroatoms. The average molecular weight is 502 g/mol. The predicted molar refractivity (Wildman–Crippen MR) is 105 cm³/mol. The highest BCUT2D eigenvalue weighted by molar-refractivity contribution is 7.89. The lowest BCUT2D eigenvalue weighted by Crippen LogP contribution is -2.52. The smallest absolute Gasteiger partial charge is 0.360 e. The molecule has 0 spiro atoms. The molecule has 0 saturated heterocycles. The summed E-state index contributed by atoms with van der Waals surface area (Å²) in [7, 11) is -5.97. The molecule has 0 bridgehead atoms. The molecule has 1 atom stereocenters. The zero-order valence-electron chi connectivity index (χ0n) is 17.7. The Balaban J connectivity index is 2.29. The van der Waals surface area contributed by atoms with Crippen LogP contribution in [0.25, 0.3) is 0 Å². The number of benzene rings is 1. The third-order valence-corrected chi connectivity index (χ3v) is 6.99. The van der Waals surface area contributed by atoms with Crippen molar-refractivity contribution in [2.75, 3.05) is 11.4 Å². The Kier molecular flexibility index (Phi) is 6.24. The van der Waals surface area contributed by atoms with E-state index in [0.717, 1.165) is 6.07 Å². The molecule has 3 rings (SSSR count). The van der Waals surface area contributed by atoms with Crippen LogP contribution in [0, 0.1) is 11.2 Å². The maximum atomic E-state index is 15.1. The Morgan fingerprint density at radius 1 is 1.12 bits per heavy atom. The number of aromatic amines is 1. The van der Waals surface area contributed by atoms with E-state index in [9.17, 15) is 34.8 Å². The molecule has 33 heavy (non-hydrogen) atoms. The first kappa shape index (κ1) is 25.3. The summed E-state index contributed by atoms with van der Waals surface area (Å²) in [6.07, 6.45) is -2.40. The topological polar surface area (TPSA) is 69.3 Å². The number of hydrogen-bond acceptors (Lipinski definition) is 4. The van der Waals surface area contributed by atoms with Gasteiger partial charge in [0.2, 0.25) is 0 Å². The van der Waals surface area contributed by atoms with Crippen molar-refractivity contribution in [1.82, 2.24) is 14.3 Å². The summed E-state index contributed by atoms with van der Waals surface area (Å²) in [6.45, 7) is 2.90. The van der Waals surface area contributed by atoms with Gasteiger partial charge in [-0.25, -0.2) is 17.8 Å². The lowest BCUT2D eigenvalue weighted by atomic mass is 9.85. The van der Waals surface area contributed by atoms with E-state index in [0.29, 0.717) is 11.8 Å². The molecule has 2 heterocycles. The molecule has 0 fully saturated rings. The minimum absolute atomic E-state index is 0.00204. The van der Waals surface area contributed by atoms with Crippen molar-refractivity contribution in [3.8, 4) is 0 Å². The molecule has 0 aliphatic carbocycles. The molecule has 0 saturated carbocycles. The van der Waals surface area contributed by atoms with E-state index in [2.05, 4.69) is 9.97 Å². The predicted octanol–water partition coefficient (Wildman–Crippen LogP) is 4.65. The van der Waals surface area contributed by atoms with E-state index < -0.39 is 63.2 Å². The summed E-state index contributed by atoms with van der Waals surface area (Å²) in [5, 5.41) is 0. The van der Waals surface area contributed by atoms with Gasteiger partial charge in [0.25, 0.3) is 0 Å². The highest BCUT2D eigenvalue weighted by atomic mass is 32.2. The molecule has 184 valence electrons. The number of hydrogen-bond donors (Lipinski definition) is 1. The third-order valence-electron chi connectivity index (χ3n) is 5.45. The van der Waals surface area contributed by atoms with Gasteiger partial charge in [0, 0.05) is 36.6 Å². The highest BCUT2D eigenvalue weighted by Crippen LogP contribution is 2.43. The van der Waals surface area contributed by atoms with Gasteiger partial charge in [0.1, 0.15) is 5.82 Å². The van der Waals surface area contributed by atoms with Crippen molar-refractivity contribution in [3.05, 3.63) is 47.3 Å². The lowest BCUT2D eigenvalue weighted by molar-refractivity contribution is -0.140. The van der Waals surface area contributed by atoms with Gasteiger partial charge in [-0.05, 0) is 17.5 Å². The number of aromatic nitrogens is 2. The van der Waals surface area contributed by atoms with Crippen LogP contribution in [-0.4, -0.2) is 40.8 Å². The van der Waals surface area contributed by atoms with Crippen LogP contribution in [0.5, 0.6) is 0 Å². The van der Waals surface area contributed by atoms with Gasteiger partial charge in [-0.3, -0.25) is 0 Å². The molecule has 0 radical (unpaired) electrons. The van der Waals surface area contributed by atoms with Gasteiger partial charge in [0.15, 0.2) is 0 Å². The summed E-state index contributed by atoms with van der Waals surface area (Å²) < 4.78 is 120. The number of halogens is 7. The van der Waals surface area contributed by atoms with E-state index in [1.54, 1.807) is 20.8 Å². The van der Waals surface area contributed by atoms with E-state index in [1.165, 1.54) is 17.4 Å². The molecule has 1 aliphatic heterocycles. The number of alkyl halides is 6. The number of nitrogens with zero attached hydrogens (tertiary/aromatic N) is 3. The second-order valence-corrected chi connectivity index (χ2v) is 10.7. The molecule has 1 N–H and O–H groups in total. The van der Waals surface area contributed by atoms with Gasteiger partial charge in [0.05, 0.1) is 24.1 Å². The van der Waals surface area contributed by atoms with Crippen LogP contribution in [0.15, 0.2) is 24.7 Å². The SMILES string of the molecule is CC(C)(C)[C@H]1CN(S(=O)(=O)C(F)(F)F)Cc2c(ccc(C(F)(F)F)c2F)N1Cc1cnc[nH]1. The van der Waals surface area contributed by atoms with Crippen molar-refractivity contribution < 1.29 is 39.2 Å². The van der Waals surface area contributed by atoms with Crippen molar-refractivity contribution >= 4 is 15.7 Å². The summed E-state index contributed by atoms with van der Waals surface area (Å²) in [6, 6.07) is 0.497. The second kappa shape index (κ2) is 8.15. The quantitative estimate of drug-likeness (QED) is 0.621. The van der Waals surface area contributed by atoms with Crippen molar-refractivity contribution in [1.29, 1.82) is 0 Å². The molecule has 6 nitrogen and oxygen atoms in total. The third kappa shape index (κ3) is 4.81. The number of rotatable bonds is 3. The second-order valence-electron chi connectivity index (χ2n) is 8.75. The Bertz CT molecular complexity index is 1110. The first-order chi connectivity index (χ1) is 14.9. The number of H-pyrrole nitrogens is 1. The number of sulfonamides is 1. The molecule has 1 aliphatic rings. The Morgan fingerprint density at radius 3 is 2.24 bits per heavy atom. The minimum Gasteiger partial charge on any atom is -0.360 e. The summed E-state index contributed by atoms with van der Waals surface area (Å²) in [5.41, 5.74) is -8.74. The fourth-order valence-electron chi connectivity index (χ4n) is 3.77. The number of imidazole rings is 1. The average Bonchev–Trinajstić information content (AvgIpc) is 3.08. The molecule has 1 aromatic carbocycles. The first-order valence-electron chi connectivity index (χ1n) is 9.63. The summed E-state index contributed by atoms with van der Waals surface area (Å²) in [5.74, 6) is -1.81. The molecular formula is C19H21F7N4O2S. The van der Waals surface area contributed by atoms with Crippen molar-refractivity contribution in [2.24, 2.45) is 5.41 Å². The molecule has 1 aromatic heterocycles. The van der Waals surface area contributed by atoms with E-state index >= 15 is 4.39 Å². The monoisotopic (exact) mass is 502 g/mol. The van der Waals surface area contributed by atoms with Crippen LogP contribution in [0.2, 0.25) is 0 Å². The lowest BCUT2D eigenvalue weighted by Gasteiger charge is -2.42. The van der Waals surface area contributed by atoms with Crippen LogP contribution in [0.4, 0.5) is 36.4 Å². The van der Waals surface area contributed by atoms with Crippen LogP contribution in [0.1, 0.15) is 37.6 Å². The normalized spacial score (nSPS) is 18.8. The van der Waals surface area contributed by atoms with Crippen LogP contribution >= 0.6 is 0 Å². The van der Waals surface area contributed by atoms with Gasteiger partial charge < -0.3 is 9.88 Å². The zero-order chi connectivity index (χ0) is 25.0. The first-order valence-corrected chi connectivity index (χ1v) is 11.1. The van der Waals surface area contributed by atoms with Crippen molar-refractivity contribution in [2.45, 2.75) is 51.6 Å². The Hall–Kier alpha value is -2.35. The summed E-state index contributed by atoms with van der Waals surface area (Å²) >= 11 is 0. The van der Waals surface area contributed by atoms with Gasteiger partial charge in [-0.15, -0.1) is 0 Å². The van der Waals surface area contributed by atoms with Gasteiger partial charge >= 0.3 is 21.7 Å². The van der Waals surface area contributed by atoms with Crippen LogP contribution < -0.4 is 4.90 Å². The fraction of sp³-hybridized carbons (Fsp3) is 0.526. The Labute approximate surface area is 185 Å². The van der Waals surface area contributed by atoms with E-state index in [-0.39, 0.29) is 16.5 Å². The van der Waals surface area contributed by atoms with E-state index in [1.807, 2.05) is 0 Å². The van der Waals surface area contributed by atoms with E-state index in [4.69, 9.17) is 0 Å². The molecule has 0 amide bonds. The number of nitrogens with one attached hydrogen (secondary N) is 1. The maximum absolute atomic E-state index is 15.1. The molecule has 0 unspecified atom stereocenters. The largest absolute Gasteiger partial charge is 0.511 e. The summed E-state index contributed by atoms with van der Waals surface area (Å²) in [4.78, 5) is 8.04. The van der Waals surface area contributed by atoms with Gasteiger partial charge in [-0.1, -0.05) is 20.8 Å². The highest BCUT2D eigenvalue weighted by Gasteiger charge is 2.53. The minimum atomic E-state index is -5.97. The fourth-order valence-corrected chi connectivity index (χ4v) is 4.70. The van der Waals surface area contributed by atoms with Crippen LogP contribution in [0.3, 0.4) is 0 Å². The molecule has 2 aromatic rings. The molecular weight excluding hydrogens is 481 g/mol. The standard InChI is InChI=1S/C19H21F7N4O2S/c1-17(2,3)15-9-29(33(31,32)19(24,25)26)8-12-14(30(15)7-11-6-27-10-28-11)5-4-13(16(12)20)18(21,22)23/h4-6,10,15H,7-9H2,1-3H3,(H,27,28)/t15-/m1/s1. The van der Waals surface area contributed by atoms with Gasteiger partial charge in [-0.2, -0.15) is 30.6 Å². The number of fused-ring (bicyclic) bond motifs is 1. The maximum Gasteiger partial charge on any atom is 0.511 e. The number of anilines is 1. The van der Waals surface area contributed by atoms with Crippen LogP contribution in [-0.2, 0) is 29.3 Å². The zero-order valence-corrected chi connectivity index (χ0v) is 18.5. The van der Waals surface area contributed by atoms with Crippen molar-refractivity contribution in [3.63, 3.8) is 0 Å². The Morgan fingerprint density at radius 2 is 1.76 bits per heavy atom.